The molecule has 0 amide bonds. The summed E-state index contributed by atoms with van der Waals surface area (Å²) in [6.45, 7) is 5.31. The maximum Gasteiger partial charge on any atom is 0.123 e. The average Bonchev–Trinajstić information content (AvgIpc) is 2.49. The van der Waals surface area contributed by atoms with Crippen molar-refractivity contribution >= 4 is 0 Å². The quantitative estimate of drug-likeness (QED) is 0.653. The van der Waals surface area contributed by atoms with Gasteiger partial charge in [-0.3, -0.25) is 0 Å². The number of ether oxygens (including phenoxy) is 2. The molecule has 1 atom stereocenters. The molecule has 3 nitrogen and oxygen atoms in total. The van der Waals surface area contributed by atoms with E-state index in [0.717, 1.165) is 23.6 Å². The first-order chi connectivity index (χ1) is 9.71. The SMILES string of the molecule is CCCCCCC(C)NCc1cc(OC)ccc1OC. The summed E-state index contributed by atoms with van der Waals surface area (Å²) in [6.07, 6.45) is 6.51. The van der Waals surface area contributed by atoms with Crippen LogP contribution in [0.15, 0.2) is 18.2 Å². The number of hydrogen-bond donors (Lipinski definition) is 1. The van der Waals surface area contributed by atoms with Gasteiger partial charge in [-0.1, -0.05) is 32.6 Å². The molecule has 20 heavy (non-hydrogen) atoms. The molecule has 0 aliphatic rings. The zero-order valence-electron chi connectivity index (χ0n) is 13.4. The third kappa shape index (κ3) is 5.83. The summed E-state index contributed by atoms with van der Waals surface area (Å²) in [4.78, 5) is 0. The first-order valence-electron chi connectivity index (χ1n) is 7.65. The topological polar surface area (TPSA) is 30.5 Å². The van der Waals surface area contributed by atoms with E-state index >= 15 is 0 Å². The van der Waals surface area contributed by atoms with Gasteiger partial charge in [0, 0.05) is 18.2 Å². The minimum absolute atomic E-state index is 0.530. The first kappa shape index (κ1) is 16.8. The van der Waals surface area contributed by atoms with Crippen molar-refractivity contribution in [3.05, 3.63) is 23.8 Å². The fraction of sp³-hybridized carbons (Fsp3) is 0.647. The van der Waals surface area contributed by atoms with E-state index in [9.17, 15) is 0 Å². The van der Waals surface area contributed by atoms with Gasteiger partial charge in [0.1, 0.15) is 11.5 Å². The molecule has 0 aliphatic carbocycles. The van der Waals surface area contributed by atoms with Crippen LogP contribution in [0.1, 0.15) is 51.5 Å². The third-order valence-electron chi connectivity index (χ3n) is 3.62. The zero-order valence-corrected chi connectivity index (χ0v) is 13.4. The van der Waals surface area contributed by atoms with Crippen LogP contribution in [0, 0.1) is 0 Å². The summed E-state index contributed by atoms with van der Waals surface area (Å²) in [5, 5.41) is 3.57. The lowest BCUT2D eigenvalue weighted by molar-refractivity contribution is 0.394. The highest BCUT2D eigenvalue weighted by atomic mass is 16.5. The van der Waals surface area contributed by atoms with Crippen molar-refractivity contribution in [1.82, 2.24) is 5.32 Å². The number of rotatable bonds is 10. The molecule has 3 heteroatoms. The third-order valence-corrected chi connectivity index (χ3v) is 3.62. The highest BCUT2D eigenvalue weighted by Gasteiger charge is 2.07. The second kappa shape index (κ2) is 9.65. The summed E-state index contributed by atoms with van der Waals surface area (Å²) in [6, 6.07) is 6.45. The minimum atomic E-state index is 0.530. The molecule has 0 aliphatic heterocycles. The summed E-state index contributed by atoms with van der Waals surface area (Å²) in [5.41, 5.74) is 1.15. The Bertz CT molecular complexity index is 379. The van der Waals surface area contributed by atoms with E-state index in [2.05, 4.69) is 19.2 Å². The molecule has 1 unspecified atom stereocenters. The van der Waals surface area contributed by atoms with Gasteiger partial charge >= 0.3 is 0 Å². The molecule has 114 valence electrons. The van der Waals surface area contributed by atoms with Gasteiger partial charge in [-0.25, -0.2) is 0 Å². The van der Waals surface area contributed by atoms with E-state index < -0.39 is 0 Å². The van der Waals surface area contributed by atoms with Crippen LogP contribution in [-0.2, 0) is 6.54 Å². The molecule has 0 fully saturated rings. The van der Waals surface area contributed by atoms with Crippen molar-refractivity contribution in [2.24, 2.45) is 0 Å². The smallest absolute Gasteiger partial charge is 0.123 e. The van der Waals surface area contributed by atoms with E-state index in [1.165, 1.54) is 32.1 Å². The molecule has 0 bridgehead atoms. The van der Waals surface area contributed by atoms with Crippen molar-refractivity contribution in [2.45, 2.75) is 58.5 Å². The number of benzene rings is 1. The van der Waals surface area contributed by atoms with Gasteiger partial charge in [0.25, 0.3) is 0 Å². The highest BCUT2D eigenvalue weighted by molar-refractivity contribution is 5.40. The Balaban J connectivity index is 2.43. The van der Waals surface area contributed by atoms with Crippen LogP contribution < -0.4 is 14.8 Å². The van der Waals surface area contributed by atoms with E-state index in [1.807, 2.05) is 18.2 Å². The van der Waals surface area contributed by atoms with Gasteiger partial charge in [-0.2, -0.15) is 0 Å². The summed E-state index contributed by atoms with van der Waals surface area (Å²) in [7, 11) is 3.40. The van der Waals surface area contributed by atoms with Gasteiger partial charge in [0.05, 0.1) is 14.2 Å². The van der Waals surface area contributed by atoms with E-state index in [4.69, 9.17) is 9.47 Å². The van der Waals surface area contributed by atoms with Crippen LogP contribution in [0.2, 0.25) is 0 Å². The fourth-order valence-corrected chi connectivity index (χ4v) is 2.28. The lowest BCUT2D eigenvalue weighted by Crippen LogP contribution is -2.25. The van der Waals surface area contributed by atoms with Crippen molar-refractivity contribution < 1.29 is 9.47 Å². The van der Waals surface area contributed by atoms with Crippen LogP contribution in [0.5, 0.6) is 11.5 Å². The largest absolute Gasteiger partial charge is 0.497 e. The maximum absolute atomic E-state index is 5.39. The molecule has 1 rings (SSSR count). The van der Waals surface area contributed by atoms with Crippen molar-refractivity contribution in [3.63, 3.8) is 0 Å². The van der Waals surface area contributed by atoms with E-state index in [-0.39, 0.29) is 0 Å². The Morgan fingerprint density at radius 3 is 2.55 bits per heavy atom. The van der Waals surface area contributed by atoms with Gasteiger partial charge in [0.15, 0.2) is 0 Å². The molecular formula is C17H29NO2. The molecule has 0 saturated heterocycles. The van der Waals surface area contributed by atoms with Gasteiger partial charge in [0.2, 0.25) is 0 Å². The monoisotopic (exact) mass is 279 g/mol. The van der Waals surface area contributed by atoms with Gasteiger partial charge in [-0.05, 0) is 31.5 Å². The van der Waals surface area contributed by atoms with Crippen molar-refractivity contribution in [2.75, 3.05) is 14.2 Å². The molecule has 0 heterocycles. The normalized spacial score (nSPS) is 12.2. The number of methoxy groups -OCH3 is 2. The summed E-state index contributed by atoms with van der Waals surface area (Å²) in [5.74, 6) is 1.79. The predicted molar refractivity (Wildman–Crippen MR) is 84.6 cm³/mol. The Morgan fingerprint density at radius 2 is 1.90 bits per heavy atom. The highest BCUT2D eigenvalue weighted by Crippen LogP contribution is 2.23. The number of nitrogens with one attached hydrogen (secondary N) is 1. The van der Waals surface area contributed by atoms with Gasteiger partial charge < -0.3 is 14.8 Å². The molecule has 1 N–H and O–H groups in total. The predicted octanol–water partition coefficient (Wildman–Crippen LogP) is 4.15. The Hall–Kier alpha value is -1.22. The lowest BCUT2D eigenvalue weighted by Gasteiger charge is -2.16. The molecular weight excluding hydrogens is 250 g/mol. The molecule has 0 saturated carbocycles. The second-order valence-corrected chi connectivity index (χ2v) is 5.31. The van der Waals surface area contributed by atoms with E-state index in [0.29, 0.717) is 6.04 Å². The van der Waals surface area contributed by atoms with Crippen LogP contribution in [0.25, 0.3) is 0 Å². The number of unbranched alkanes of at least 4 members (excludes halogenated alkanes) is 3. The first-order valence-corrected chi connectivity index (χ1v) is 7.65. The van der Waals surface area contributed by atoms with Crippen LogP contribution in [-0.4, -0.2) is 20.3 Å². The molecule has 0 spiro atoms. The fourth-order valence-electron chi connectivity index (χ4n) is 2.28. The standard InChI is InChI=1S/C17H29NO2/c1-5-6-7-8-9-14(2)18-13-15-12-16(19-3)10-11-17(15)20-4/h10-12,14,18H,5-9,13H2,1-4H3. The Morgan fingerprint density at radius 1 is 1.10 bits per heavy atom. The molecule has 0 radical (unpaired) electrons. The van der Waals surface area contributed by atoms with Crippen molar-refractivity contribution in [1.29, 1.82) is 0 Å². The lowest BCUT2D eigenvalue weighted by atomic mass is 10.1. The zero-order chi connectivity index (χ0) is 14.8. The Labute approximate surface area is 123 Å². The summed E-state index contributed by atoms with van der Waals surface area (Å²) >= 11 is 0. The number of hydrogen-bond acceptors (Lipinski definition) is 3. The summed E-state index contributed by atoms with van der Waals surface area (Å²) < 4.78 is 10.7. The molecule has 1 aromatic rings. The Kier molecular flexibility index (Phi) is 8.12. The average molecular weight is 279 g/mol. The maximum atomic E-state index is 5.39. The minimum Gasteiger partial charge on any atom is -0.497 e. The van der Waals surface area contributed by atoms with Crippen LogP contribution in [0.3, 0.4) is 0 Å². The molecule has 0 aromatic heterocycles. The van der Waals surface area contributed by atoms with Crippen LogP contribution in [0.4, 0.5) is 0 Å². The van der Waals surface area contributed by atoms with Crippen molar-refractivity contribution in [3.8, 4) is 11.5 Å². The van der Waals surface area contributed by atoms with Gasteiger partial charge in [-0.15, -0.1) is 0 Å². The second-order valence-electron chi connectivity index (χ2n) is 5.31. The molecule has 1 aromatic carbocycles. The van der Waals surface area contributed by atoms with Crippen LogP contribution >= 0.6 is 0 Å². The van der Waals surface area contributed by atoms with E-state index in [1.54, 1.807) is 14.2 Å².